The van der Waals surface area contributed by atoms with Gasteiger partial charge in [-0.2, -0.15) is 5.10 Å². The van der Waals surface area contributed by atoms with Gasteiger partial charge in [0.15, 0.2) is 11.5 Å². The van der Waals surface area contributed by atoms with E-state index >= 15 is 0 Å². The summed E-state index contributed by atoms with van der Waals surface area (Å²) in [5.41, 5.74) is 3.65. The van der Waals surface area contributed by atoms with Crippen LogP contribution >= 0.6 is 11.8 Å². The number of carbonyl (C=O) groups excluding carboxylic acids is 2. The van der Waals surface area contributed by atoms with Gasteiger partial charge in [0.1, 0.15) is 0 Å². The van der Waals surface area contributed by atoms with E-state index in [9.17, 15) is 9.59 Å². The van der Waals surface area contributed by atoms with Gasteiger partial charge >= 0.3 is 5.97 Å². The Morgan fingerprint density at radius 3 is 2.67 bits per heavy atom. The summed E-state index contributed by atoms with van der Waals surface area (Å²) in [6.45, 7) is 3.60. The standard InChI is InChI=1S/C20H20N2O4S/c1-3-11-27-14-19(23)26-17-10-9-15(12-18(17)25-2)13-21-22-20(24)16-7-5-4-6-8-16/h3-10,12-13H,1,11,14H2,2H3,(H,22,24). The minimum absolute atomic E-state index is 0.226. The maximum atomic E-state index is 11.9. The third-order valence-corrected chi connectivity index (χ3v) is 4.19. The first-order chi connectivity index (χ1) is 13.1. The van der Waals surface area contributed by atoms with Gasteiger partial charge in [-0.1, -0.05) is 24.3 Å². The SMILES string of the molecule is C=CCSCC(=O)Oc1ccc(C=NNC(=O)c2ccccc2)cc1OC. The number of amides is 1. The van der Waals surface area contributed by atoms with Gasteiger partial charge in [-0.15, -0.1) is 18.3 Å². The van der Waals surface area contributed by atoms with Crippen LogP contribution in [-0.2, 0) is 4.79 Å². The third-order valence-electron chi connectivity index (χ3n) is 3.28. The molecule has 140 valence electrons. The van der Waals surface area contributed by atoms with Crippen LogP contribution in [0.15, 0.2) is 66.3 Å². The van der Waals surface area contributed by atoms with Crippen molar-refractivity contribution in [3.63, 3.8) is 0 Å². The fraction of sp³-hybridized carbons (Fsp3) is 0.150. The van der Waals surface area contributed by atoms with Gasteiger partial charge in [0.25, 0.3) is 5.91 Å². The Hall–Kier alpha value is -3.06. The predicted molar refractivity (Wildman–Crippen MR) is 108 cm³/mol. The molecule has 0 bridgehead atoms. The van der Waals surface area contributed by atoms with Gasteiger partial charge < -0.3 is 9.47 Å². The summed E-state index contributed by atoms with van der Waals surface area (Å²) in [7, 11) is 1.48. The van der Waals surface area contributed by atoms with E-state index in [4.69, 9.17) is 9.47 Å². The number of nitrogens with zero attached hydrogens (tertiary/aromatic N) is 1. The van der Waals surface area contributed by atoms with Gasteiger partial charge in [0.2, 0.25) is 0 Å². The number of methoxy groups -OCH3 is 1. The fourth-order valence-electron chi connectivity index (χ4n) is 2.05. The molecule has 0 radical (unpaired) electrons. The summed E-state index contributed by atoms with van der Waals surface area (Å²) >= 11 is 1.41. The lowest BCUT2D eigenvalue weighted by atomic mass is 10.2. The van der Waals surface area contributed by atoms with Crippen molar-refractivity contribution >= 4 is 29.9 Å². The minimum atomic E-state index is -0.364. The van der Waals surface area contributed by atoms with Crippen LogP contribution < -0.4 is 14.9 Å². The second kappa shape index (κ2) is 10.8. The zero-order valence-corrected chi connectivity index (χ0v) is 15.7. The number of thioether (sulfide) groups is 1. The highest BCUT2D eigenvalue weighted by Gasteiger charge is 2.10. The Kier molecular flexibility index (Phi) is 8.12. The highest BCUT2D eigenvalue weighted by Crippen LogP contribution is 2.28. The van der Waals surface area contributed by atoms with Gasteiger partial charge in [-0.3, -0.25) is 9.59 Å². The molecule has 2 aromatic carbocycles. The molecule has 0 aliphatic heterocycles. The third kappa shape index (κ3) is 6.63. The number of hydrogen-bond donors (Lipinski definition) is 1. The van der Waals surface area contributed by atoms with Crippen LogP contribution in [0.1, 0.15) is 15.9 Å². The number of carbonyl (C=O) groups is 2. The summed E-state index contributed by atoms with van der Waals surface area (Å²) in [4.78, 5) is 23.7. The molecule has 0 spiro atoms. The Labute approximate surface area is 162 Å². The molecule has 0 unspecified atom stereocenters. The van der Waals surface area contributed by atoms with Crippen molar-refractivity contribution < 1.29 is 19.1 Å². The van der Waals surface area contributed by atoms with E-state index < -0.39 is 0 Å². The number of nitrogens with one attached hydrogen (secondary N) is 1. The quantitative estimate of drug-likeness (QED) is 0.179. The number of benzene rings is 2. The molecule has 1 N–H and O–H groups in total. The van der Waals surface area contributed by atoms with Crippen molar-refractivity contribution in [1.29, 1.82) is 0 Å². The zero-order valence-electron chi connectivity index (χ0n) is 14.9. The second-order valence-corrected chi connectivity index (χ2v) is 6.28. The maximum absolute atomic E-state index is 11.9. The second-order valence-electron chi connectivity index (χ2n) is 5.25. The molecule has 27 heavy (non-hydrogen) atoms. The molecule has 0 aromatic heterocycles. The molecule has 0 heterocycles. The summed E-state index contributed by atoms with van der Waals surface area (Å²) in [6, 6.07) is 13.8. The lowest BCUT2D eigenvalue weighted by Crippen LogP contribution is -2.17. The largest absolute Gasteiger partial charge is 0.493 e. The molecule has 1 amide bonds. The average Bonchev–Trinajstić information content (AvgIpc) is 2.69. The van der Waals surface area contributed by atoms with Gasteiger partial charge in [0, 0.05) is 11.3 Å². The topological polar surface area (TPSA) is 77.0 Å². The van der Waals surface area contributed by atoms with Crippen molar-refractivity contribution in [1.82, 2.24) is 5.43 Å². The van der Waals surface area contributed by atoms with E-state index in [1.165, 1.54) is 25.1 Å². The lowest BCUT2D eigenvalue weighted by Gasteiger charge is -2.09. The Morgan fingerprint density at radius 1 is 1.19 bits per heavy atom. The van der Waals surface area contributed by atoms with Crippen LogP contribution in [-0.4, -0.2) is 36.7 Å². The lowest BCUT2D eigenvalue weighted by molar-refractivity contribution is -0.131. The molecule has 2 rings (SSSR count). The van der Waals surface area contributed by atoms with E-state index in [0.717, 1.165) is 0 Å². The molecule has 0 aliphatic rings. The van der Waals surface area contributed by atoms with Crippen LogP contribution in [0.2, 0.25) is 0 Å². The van der Waals surface area contributed by atoms with Crippen LogP contribution in [0.4, 0.5) is 0 Å². The first-order valence-corrected chi connectivity index (χ1v) is 9.25. The van der Waals surface area contributed by atoms with Crippen molar-refractivity contribution in [2.75, 3.05) is 18.6 Å². The Balaban J connectivity index is 1.97. The summed E-state index contributed by atoms with van der Waals surface area (Å²) in [5.74, 6) is 0.959. The first-order valence-electron chi connectivity index (χ1n) is 8.10. The highest BCUT2D eigenvalue weighted by atomic mass is 32.2. The smallest absolute Gasteiger partial charge is 0.321 e. The van der Waals surface area contributed by atoms with Crippen molar-refractivity contribution in [2.24, 2.45) is 5.10 Å². The molecule has 0 saturated carbocycles. The van der Waals surface area contributed by atoms with Crippen LogP contribution in [0.3, 0.4) is 0 Å². The molecule has 2 aromatic rings. The molecular weight excluding hydrogens is 364 g/mol. The van der Waals surface area contributed by atoms with Gasteiger partial charge in [-0.25, -0.2) is 5.43 Å². The molecule has 6 nitrogen and oxygen atoms in total. The number of ether oxygens (including phenoxy) is 2. The van der Waals surface area contributed by atoms with Crippen molar-refractivity contribution in [3.05, 3.63) is 72.3 Å². The van der Waals surface area contributed by atoms with Crippen molar-refractivity contribution in [3.8, 4) is 11.5 Å². The molecular formula is C20H20N2O4S. The number of hydrazone groups is 1. The molecule has 0 aliphatic carbocycles. The monoisotopic (exact) mass is 384 g/mol. The normalized spacial score (nSPS) is 10.4. The van der Waals surface area contributed by atoms with E-state index in [2.05, 4.69) is 17.1 Å². The fourth-order valence-corrected chi connectivity index (χ4v) is 2.56. The van der Waals surface area contributed by atoms with Gasteiger partial charge in [-0.05, 0) is 35.9 Å². The minimum Gasteiger partial charge on any atom is -0.493 e. The van der Waals surface area contributed by atoms with E-state index in [0.29, 0.717) is 28.4 Å². The number of esters is 1. The maximum Gasteiger partial charge on any atom is 0.321 e. The molecule has 7 heteroatoms. The zero-order chi connectivity index (χ0) is 19.5. The molecule has 0 atom stereocenters. The van der Waals surface area contributed by atoms with E-state index in [-0.39, 0.29) is 17.6 Å². The van der Waals surface area contributed by atoms with E-state index in [1.807, 2.05) is 6.07 Å². The molecule has 0 saturated heterocycles. The number of hydrogen-bond acceptors (Lipinski definition) is 6. The Bertz CT molecular complexity index is 822. The summed E-state index contributed by atoms with van der Waals surface area (Å²) in [6.07, 6.45) is 3.21. The van der Waals surface area contributed by atoms with Crippen molar-refractivity contribution in [2.45, 2.75) is 0 Å². The summed E-state index contributed by atoms with van der Waals surface area (Å²) < 4.78 is 10.6. The number of rotatable bonds is 9. The predicted octanol–water partition coefficient (Wildman–Crippen LogP) is 3.28. The molecule has 0 fully saturated rings. The Morgan fingerprint density at radius 2 is 1.96 bits per heavy atom. The van der Waals surface area contributed by atoms with Gasteiger partial charge in [0.05, 0.1) is 19.1 Å². The van der Waals surface area contributed by atoms with Crippen LogP contribution in [0.25, 0.3) is 0 Å². The highest BCUT2D eigenvalue weighted by molar-refractivity contribution is 8.00. The van der Waals surface area contributed by atoms with E-state index in [1.54, 1.807) is 48.5 Å². The van der Waals surface area contributed by atoms with Crippen LogP contribution in [0, 0.1) is 0 Å². The first kappa shape index (κ1) is 20.3. The summed E-state index contributed by atoms with van der Waals surface area (Å²) in [5, 5.41) is 3.93. The average molecular weight is 384 g/mol. The van der Waals surface area contributed by atoms with Crippen LogP contribution in [0.5, 0.6) is 11.5 Å².